The molecule has 0 bridgehead atoms. The number of methoxy groups -OCH3 is 1. The largest absolute Gasteiger partial charge is 0.465 e. The van der Waals surface area contributed by atoms with E-state index in [1.165, 1.54) is 6.07 Å². The van der Waals surface area contributed by atoms with Crippen LogP contribution in [-0.2, 0) is 10.6 Å². The fourth-order valence-electron chi connectivity index (χ4n) is 1.39. The van der Waals surface area contributed by atoms with Crippen LogP contribution < -0.4 is 0 Å². The van der Waals surface area contributed by atoms with Crippen molar-refractivity contribution >= 4 is 29.3 Å². The lowest BCUT2D eigenvalue weighted by atomic mass is 10.0. The van der Waals surface area contributed by atoms with E-state index in [1.807, 2.05) is 0 Å². The molecule has 0 atom stereocenters. The van der Waals surface area contributed by atoms with Crippen LogP contribution in [0.25, 0.3) is 0 Å². The van der Waals surface area contributed by atoms with Crippen LogP contribution >= 0.6 is 23.4 Å². The number of alkyl halides is 4. The van der Waals surface area contributed by atoms with Crippen LogP contribution in [0.3, 0.4) is 0 Å². The summed E-state index contributed by atoms with van der Waals surface area (Å²) >= 11 is 5.14. The van der Waals surface area contributed by atoms with E-state index in [2.05, 4.69) is 4.74 Å². The van der Waals surface area contributed by atoms with Gasteiger partial charge in [-0.05, 0) is 23.4 Å². The minimum Gasteiger partial charge on any atom is -0.465 e. The van der Waals surface area contributed by atoms with Crippen molar-refractivity contribution in [2.75, 3.05) is 7.11 Å². The zero-order chi connectivity index (χ0) is 14.6. The van der Waals surface area contributed by atoms with Gasteiger partial charge in [0.25, 0.3) is 0 Å². The SMILES string of the molecule is COC(=O)c1c(CCl)ccc(SC(F)(F)F)c1C#N. The molecule has 1 rings (SSSR count). The van der Waals surface area contributed by atoms with E-state index in [1.54, 1.807) is 6.07 Å². The third-order valence-corrected chi connectivity index (χ3v) is 3.20. The number of benzene rings is 1. The lowest BCUT2D eigenvalue weighted by Crippen LogP contribution is -2.10. The molecule has 0 saturated carbocycles. The number of carbonyl (C=O) groups is 1. The number of rotatable bonds is 3. The predicted molar refractivity (Wildman–Crippen MR) is 64.0 cm³/mol. The molecule has 0 aliphatic rings. The molecule has 0 amide bonds. The molecule has 0 heterocycles. The molecule has 3 nitrogen and oxygen atoms in total. The van der Waals surface area contributed by atoms with Crippen molar-refractivity contribution in [1.29, 1.82) is 5.26 Å². The monoisotopic (exact) mass is 309 g/mol. The third-order valence-electron chi connectivity index (χ3n) is 2.12. The van der Waals surface area contributed by atoms with Gasteiger partial charge in [0.2, 0.25) is 0 Å². The molecule has 8 heteroatoms. The van der Waals surface area contributed by atoms with Crippen LogP contribution in [0.1, 0.15) is 21.5 Å². The van der Waals surface area contributed by atoms with E-state index in [9.17, 15) is 18.0 Å². The summed E-state index contributed by atoms with van der Waals surface area (Å²) in [6, 6.07) is 3.98. The van der Waals surface area contributed by atoms with Crippen LogP contribution in [0.5, 0.6) is 0 Å². The van der Waals surface area contributed by atoms with Gasteiger partial charge in [0.05, 0.1) is 18.2 Å². The summed E-state index contributed by atoms with van der Waals surface area (Å²) in [6.45, 7) is 0. The summed E-state index contributed by atoms with van der Waals surface area (Å²) in [4.78, 5) is 11.2. The summed E-state index contributed by atoms with van der Waals surface area (Å²) < 4.78 is 41.6. The summed E-state index contributed by atoms with van der Waals surface area (Å²) in [5.74, 6) is -1.01. The number of carbonyl (C=O) groups excluding carboxylic acids is 1. The Labute approximate surface area is 116 Å². The standard InChI is InChI=1S/C11H7ClF3NO2S/c1-18-10(17)9-6(4-12)2-3-8(7(9)5-16)19-11(13,14)15/h2-3H,4H2,1H3. The second-order valence-corrected chi connectivity index (χ2v) is 4.63. The highest BCUT2D eigenvalue weighted by atomic mass is 35.5. The Morgan fingerprint density at radius 2 is 2.16 bits per heavy atom. The quantitative estimate of drug-likeness (QED) is 0.485. The van der Waals surface area contributed by atoms with Gasteiger partial charge < -0.3 is 4.74 Å². The van der Waals surface area contributed by atoms with Crippen LogP contribution in [0, 0.1) is 11.3 Å². The number of nitrogens with zero attached hydrogens (tertiary/aromatic N) is 1. The Morgan fingerprint density at radius 3 is 2.58 bits per heavy atom. The van der Waals surface area contributed by atoms with Crippen LogP contribution in [0.4, 0.5) is 13.2 Å². The maximum Gasteiger partial charge on any atom is 0.446 e. The highest BCUT2D eigenvalue weighted by molar-refractivity contribution is 8.00. The number of halogens is 4. The second-order valence-electron chi connectivity index (χ2n) is 3.26. The highest BCUT2D eigenvalue weighted by Gasteiger charge is 2.32. The molecule has 0 unspecified atom stereocenters. The number of esters is 1. The van der Waals surface area contributed by atoms with E-state index < -0.39 is 23.2 Å². The van der Waals surface area contributed by atoms with E-state index >= 15 is 0 Å². The average Bonchev–Trinajstić information content (AvgIpc) is 2.35. The van der Waals surface area contributed by atoms with Crippen LogP contribution in [0.2, 0.25) is 0 Å². The van der Waals surface area contributed by atoms with E-state index in [-0.39, 0.29) is 27.5 Å². The Balaban J connectivity index is 3.46. The van der Waals surface area contributed by atoms with Crippen molar-refractivity contribution in [2.45, 2.75) is 16.3 Å². The van der Waals surface area contributed by atoms with Crippen molar-refractivity contribution in [3.63, 3.8) is 0 Å². The Morgan fingerprint density at radius 1 is 1.53 bits per heavy atom. The van der Waals surface area contributed by atoms with Gasteiger partial charge in [-0.25, -0.2) is 4.79 Å². The lowest BCUT2D eigenvalue weighted by Gasteiger charge is -2.12. The highest BCUT2D eigenvalue weighted by Crippen LogP contribution is 2.40. The van der Waals surface area contributed by atoms with Gasteiger partial charge in [0.15, 0.2) is 0 Å². The first-order valence-electron chi connectivity index (χ1n) is 4.80. The van der Waals surface area contributed by atoms with Crippen LogP contribution in [0.15, 0.2) is 17.0 Å². The van der Waals surface area contributed by atoms with Crippen molar-refractivity contribution in [2.24, 2.45) is 0 Å². The first-order valence-corrected chi connectivity index (χ1v) is 6.15. The molecule has 0 aliphatic carbocycles. The van der Waals surface area contributed by atoms with Gasteiger partial charge in [0, 0.05) is 10.8 Å². The van der Waals surface area contributed by atoms with Gasteiger partial charge in [-0.3, -0.25) is 0 Å². The molecular formula is C11H7ClF3NO2S. The van der Waals surface area contributed by atoms with Crippen molar-refractivity contribution in [3.8, 4) is 6.07 Å². The van der Waals surface area contributed by atoms with Gasteiger partial charge in [-0.15, -0.1) is 11.6 Å². The molecule has 0 N–H and O–H groups in total. The van der Waals surface area contributed by atoms with Gasteiger partial charge in [-0.2, -0.15) is 18.4 Å². The molecule has 19 heavy (non-hydrogen) atoms. The normalized spacial score (nSPS) is 10.9. The van der Waals surface area contributed by atoms with Crippen molar-refractivity contribution < 1.29 is 22.7 Å². The first-order chi connectivity index (χ1) is 8.84. The molecular weight excluding hydrogens is 303 g/mol. The Hall–Kier alpha value is -1.39. The number of ether oxygens (including phenoxy) is 1. The zero-order valence-electron chi connectivity index (χ0n) is 9.55. The molecule has 0 radical (unpaired) electrons. The summed E-state index contributed by atoms with van der Waals surface area (Å²) in [7, 11) is 1.07. The second kappa shape index (κ2) is 6.17. The smallest absolute Gasteiger partial charge is 0.446 e. The number of thioether (sulfide) groups is 1. The van der Waals surface area contributed by atoms with Gasteiger partial charge in [-0.1, -0.05) is 6.07 Å². The number of nitriles is 1. The van der Waals surface area contributed by atoms with E-state index in [0.717, 1.165) is 13.2 Å². The van der Waals surface area contributed by atoms with E-state index in [4.69, 9.17) is 16.9 Å². The lowest BCUT2D eigenvalue weighted by molar-refractivity contribution is -0.0328. The van der Waals surface area contributed by atoms with E-state index in [0.29, 0.717) is 0 Å². The minimum atomic E-state index is -4.55. The number of hydrogen-bond acceptors (Lipinski definition) is 4. The minimum absolute atomic E-state index is 0.115. The zero-order valence-corrected chi connectivity index (χ0v) is 11.1. The molecule has 0 fully saturated rings. The molecule has 1 aromatic rings. The third kappa shape index (κ3) is 3.78. The molecule has 0 saturated heterocycles. The van der Waals surface area contributed by atoms with Crippen LogP contribution in [-0.4, -0.2) is 18.6 Å². The summed E-state index contributed by atoms with van der Waals surface area (Å²) in [5.41, 5.74) is -4.92. The van der Waals surface area contributed by atoms with Gasteiger partial charge >= 0.3 is 11.5 Å². The summed E-state index contributed by atoms with van der Waals surface area (Å²) in [5, 5.41) is 8.98. The molecule has 1 aromatic carbocycles. The fraction of sp³-hybridized carbons (Fsp3) is 0.273. The predicted octanol–water partition coefficient (Wildman–Crippen LogP) is 3.70. The topological polar surface area (TPSA) is 50.1 Å². The van der Waals surface area contributed by atoms with Gasteiger partial charge in [0.1, 0.15) is 6.07 Å². The molecule has 102 valence electrons. The number of hydrogen-bond donors (Lipinski definition) is 0. The fourth-order valence-corrected chi connectivity index (χ4v) is 2.25. The average molecular weight is 310 g/mol. The molecule has 0 spiro atoms. The summed E-state index contributed by atoms with van der Waals surface area (Å²) in [6.07, 6.45) is 0. The molecule has 0 aromatic heterocycles. The van der Waals surface area contributed by atoms with Crippen molar-refractivity contribution in [3.05, 3.63) is 28.8 Å². The van der Waals surface area contributed by atoms with Crippen molar-refractivity contribution in [1.82, 2.24) is 0 Å². The Bertz CT molecular complexity index is 540. The maximum absolute atomic E-state index is 12.4. The maximum atomic E-state index is 12.4. The Kier molecular flexibility index (Phi) is 5.09. The first kappa shape index (κ1) is 15.7. The molecule has 0 aliphatic heterocycles.